The standard InChI is InChI=1S/C15H21ClN2O3S/c1-21-13-4-3-12(16)9-14(13)22(19,20)18-8-6-15(11-18)5-2-7-17-10-15/h3-4,9,17H,2,5-8,10-11H2,1H3/t15-/m1/s1. The second-order valence-electron chi connectivity index (χ2n) is 6.16. The summed E-state index contributed by atoms with van der Waals surface area (Å²) < 4.78 is 32.7. The maximum Gasteiger partial charge on any atom is 0.246 e. The summed E-state index contributed by atoms with van der Waals surface area (Å²) in [6, 6.07) is 4.71. The Hall–Kier alpha value is -0.820. The van der Waals surface area contributed by atoms with Crippen LogP contribution in [-0.2, 0) is 10.0 Å². The first kappa shape index (κ1) is 16.1. The van der Waals surface area contributed by atoms with Crippen LogP contribution in [0.1, 0.15) is 19.3 Å². The van der Waals surface area contributed by atoms with Gasteiger partial charge in [-0.1, -0.05) is 11.6 Å². The summed E-state index contributed by atoms with van der Waals surface area (Å²) in [7, 11) is -2.11. The summed E-state index contributed by atoms with van der Waals surface area (Å²) in [4.78, 5) is 0.156. The molecule has 0 amide bonds. The second-order valence-corrected chi connectivity index (χ2v) is 8.51. The van der Waals surface area contributed by atoms with Gasteiger partial charge in [-0.3, -0.25) is 0 Å². The first-order valence-corrected chi connectivity index (χ1v) is 9.33. The SMILES string of the molecule is COc1ccc(Cl)cc1S(=O)(=O)N1CC[C@@]2(CCCNC2)C1. The summed E-state index contributed by atoms with van der Waals surface area (Å²) in [6.07, 6.45) is 3.09. The first-order valence-electron chi connectivity index (χ1n) is 7.51. The van der Waals surface area contributed by atoms with Gasteiger partial charge in [-0.15, -0.1) is 0 Å². The van der Waals surface area contributed by atoms with Crippen LogP contribution in [0.25, 0.3) is 0 Å². The van der Waals surface area contributed by atoms with Gasteiger partial charge in [0.25, 0.3) is 0 Å². The average molecular weight is 345 g/mol. The second kappa shape index (κ2) is 6.00. The number of nitrogens with zero attached hydrogens (tertiary/aromatic N) is 1. The van der Waals surface area contributed by atoms with Crippen LogP contribution in [0.15, 0.2) is 23.1 Å². The lowest BCUT2D eigenvalue weighted by Crippen LogP contribution is -2.42. The maximum absolute atomic E-state index is 13.0. The van der Waals surface area contributed by atoms with Crippen LogP contribution in [-0.4, -0.2) is 46.0 Å². The Balaban J connectivity index is 1.89. The molecule has 22 heavy (non-hydrogen) atoms. The van der Waals surface area contributed by atoms with E-state index in [0.717, 1.165) is 32.4 Å². The van der Waals surface area contributed by atoms with Gasteiger partial charge in [0.1, 0.15) is 10.6 Å². The first-order chi connectivity index (χ1) is 10.5. The molecule has 0 bridgehead atoms. The fraction of sp³-hybridized carbons (Fsp3) is 0.600. The van der Waals surface area contributed by atoms with E-state index in [-0.39, 0.29) is 10.3 Å². The Morgan fingerprint density at radius 3 is 2.86 bits per heavy atom. The molecule has 7 heteroatoms. The number of ether oxygens (including phenoxy) is 1. The fourth-order valence-corrected chi connectivity index (χ4v) is 5.44. The van der Waals surface area contributed by atoms with E-state index < -0.39 is 10.0 Å². The highest BCUT2D eigenvalue weighted by Gasteiger charge is 2.44. The molecule has 1 N–H and O–H groups in total. The summed E-state index contributed by atoms with van der Waals surface area (Å²) >= 11 is 5.98. The van der Waals surface area contributed by atoms with E-state index in [4.69, 9.17) is 16.3 Å². The van der Waals surface area contributed by atoms with Crippen molar-refractivity contribution in [2.24, 2.45) is 5.41 Å². The lowest BCUT2D eigenvalue weighted by atomic mass is 9.80. The number of halogens is 1. The van der Waals surface area contributed by atoms with Crippen molar-refractivity contribution < 1.29 is 13.2 Å². The largest absolute Gasteiger partial charge is 0.495 e. The number of nitrogens with one attached hydrogen (secondary N) is 1. The molecule has 0 saturated carbocycles. The molecule has 3 rings (SSSR count). The smallest absolute Gasteiger partial charge is 0.246 e. The molecule has 1 atom stereocenters. The van der Waals surface area contributed by atoms with E-state index in [0.29, 0.717) is 23.9 Å². The van der Waals surface area contributed by atoms with Crippen molar-refractivity contribution in [3.05, 3.63) is 23.2 Å². The van der Waals surface area contributed by atoms with Crippen molar-refractivity contribution in [3.8, 4) is 5.75 Å². The van der Waals surface area contributed by atoms with Gasteiger partial charge < -0.3 is 10.1 Å². The Morgan fingerprint density at radius 1 is 1.36 bits per heavy atom. The molecule has 1 aromatic rings. The van der Waals surface area contributed by atoms with Crippen LogP contribution in [0.3, 0.4) is 0 Å². The van der Waals surface area contributed by atoms with Gasteiger partial charge in [-0.25, -0.2) is 8.42 Å². The zero-order chi connectivity index (χ0) is 15.8. The lowest BCUT2D eigenvalue weighted by molar-refractivity contribution is 0.224. The molecule has 2 saturated heterocycles. The topological polar surface area (TPSA) is 58.6 Å². The van der Waals surface area contributed by atoms with Crippen LogP contribution >= 0.6 is 11.6 Å². The van der Waals surface area contributed by atoms with Crippen LogP contribution in [0, 0.1) is 5.41 Å². The van der Waals surface area contributed by atoms with Gasteiger partial charge in [-0.05, 0) is 49.4 Å². The van der Waals surface area contributed by atoms with Crippen molar-refractivity contribution in [1.82, 2.24) is 9.62 Å². The number of methoxy groups -OCH3 is 1. The van der Waals surface area contributed by atoms with E-state index in [1.54, 1.807) is 16.4 Å². The van der Waals surface area contributed by atoms with Gasteiger partial charge in [-0.2, -0.15) is 4.31 Å². The predicted molar refractivity (Wildman–Crippen MR) is 85.9 cm³/mol. The number of piperidine rings is 1. The minimum Gasteiger partial charge on any atom is -0.495 e. The summed E-state index contributed by atoms with van der Waals surface area (Å²) in [5, 5.41) is 3.79. The monoisotopic (exact) mass is 344 g/mol. The number of rotatable bonds is 3. The van der Waals surface area contributed by atoms with E-state index in [2.05, 4.69) is 5.32 Å². The molecule has 2 aliphatic rings. The molecule has 2 heterocycles. The summed E-state index contributed by atoms with van der Waals surface area (Å²) in [5.74, 6) is 0.340. The fourth-order valence-electron chi connectivity index (χ4n) is 3.47. The van der Waals surface area contributed by atoms with Crippen molar-refractivity contribution in [2.45, 2.75) is 24.2 Å². The zero-order valence-corrected chi connectivity index (χ0v) is 14.2. The minimum atomic E-state index is -3.58. The number of sulfonamides is 1. The van der Waals surface area contributed by atoms with Gasteiger partial charge in [0, 0.05) is 24.7 Å². The lowest BCUT2D eigenvalue weighted by Gasteiger charge is -2.33. The summed E-state index contributed by atoms with van der Waals surface area (Å²) in [6.45, 7) is 3.04. The van der Waals surface area contributed by atoms with Crippen molar-refractivity contribution in [3.63, 3.8) is 0 Å². The van der Waals surface area contributed by atoms with Crippen molar-refractivity contribution in [2.75, 3.05) is 33.3 Å². The Kier molecular flexibility index (Phi) is 4.38. The van der Waals surface area contributed by atoms with Gasteiger partial charge >= 0.3 is 0 Å². The molecule has 0 unspecified atom stereocenters. The molecule has 1 aromatic carbocycles. The van der Waals surface area contributed by atoms with Crippen LogP contribution in [0.5, 0.6) is 5.75 Å². The van der Waals surface area contributed by atoms with E-state index in [9.17, 15) is 8.42 Å². The quantitative estimate of drug-likeness (QED) is 0.912. The molecular weight excluding hydrogens is 324 g/mol. The Bertz CT molecular complexity index is 657. The Morgan fingerprint density at radius 2 is 2.18 bits per heavy atom. The molecular formula is C15H21ClN2O3S. The number of hydrogen-bond acceptors (Lipinski definition) is 4. The minimum absolute atomic E-state index is 0.0805. The third kappa shape index (κ3) is 2.85. The predicted octanol–water partition coefficient (Wildman–Crippen LogP) is 2.11. The molecule has 2 aliphatic heterocycles. The van der Waals surface area contributed by atoms with Gasteiger partial charge in [0.2, 0.25) is 10.0 Å². The van der Waals surface area contributed by atoms with E-state index >= 15 is 0 Å². The van der Waals surface area contributed by atoms with Crippen LogP contribution in [0.4, 0.5) is 0 Å². The van der Waals surface area contributed by atoms with Crippen LogP contribution in [0.2, 0.25) is 5.02 Å². The summed E-state index contributed by atoms with van der Waals surface area (Å²) in [5.41, 5.74) is 0.0805. The van der Waals surface area contributed by atoms with Gasteiger partial charge in [0.15, 0.2) is 0 Å². The third-order valence-electron chi connectivity index (χ3n) is 4.71. The Labute approximate surface area is 136 Å². The van der Waals surface area contributed by atoms with Crippen molar-refractivity contribution >= 4 is 21.6 Å². The maximum atomic E-state index is 13.0. The molecule has 2 fully saturated rings. The van der Waals surface area contributed by atoms with Crippen LogP contribution < -0.4 is 10.1 Å². The zero-order valence-electron chi connectivity index (χ0n) is 12.6. The molecule has 122 valence electrons. The number of hydrogen-bond donors (Lipinski definition) is 1. The molecule has 5 nitrogen and oxygen atoms in total. The molecule has 0 aromatic heterocycles. The highest BCUT2D eigenvalue weighted by Crippen LogP contribution is 2.40. The van der Waals surface area contributed by atoms with E-state index in [1.165, 1.54) is 13.2 Å². The van der Waals surface area contributed by atoms with E-state index in [1.807, 2.05) is 0 Å². The number of benzene rings is 1. The third-order valence-corrected chi connectivity index (χ3v) is 6.81. The van der Waals surface area contributed by atoms with Gasteiger partial charge in [0.05, 0.1) is 7.11 Å². The normalized spacial score (nSPS) is 26.5. The molecule has 0 radical (unpaired) electrons. The highest BCUT2D eigenvalue weighted by atomic mass is 35.5. The highest BCUT2D eigenvalue weighted by molar-refractivity contribution is 7.89. The van der Waals surface area contributed by atoms with Crippen molar-refractivity contribution in [1.29, 1.82) is 0 Å². The average Bonchev–Trinajstić information content (AvgIpc) is 2.92. The molecule has 1 spiro atoms. The molecule has 0 aliphatic carbocycles.